The van der Waals surface area contributed by atoms with Gasteiger partial charge < -0.3 is 4.90 Å². The van der Waals surface area contributed by atoms with Crippen molar-refractivity contribution in [1.82, 2.24) is 9.80 Å². The van der Waals surface area contributed by atoms with E-state index in [1.165, 1.54) is 29.8 Å². The maximum Gasteiger partial charge on any atom is 0.222 e. The summed E-state index contributed by atoms with van der Waals surface area (Å²) in [4.78, 5) is 18.7. The molecule has 4 rings (SSSR count). The Hall–Kier alpha value is -1.65. The third kappa shape index (κ3) is 4.18. The fourth-order valence-electron chi connectivity index (χ4n) is 4.62. The molecule has 0 radical (unpaired) electrons. The second-order valence-electron chi connectivity index (χ2n) is 7.94. The Balaban J connectivity index is 1.38. The molecule has 2 saturated heterocycles. The highest BCUT2D eigenvalue weighted by Gasteiger charge is 2.41. The Morgan fingerprint density at radius 1 is 1.04 bits per heavy atom. The monoisotopic (exact) mass is 368 g/mol. The number of nitrogens with zero attached hydrogens (tertiary/aromatic N) is 2. The molecule has 2 aromatic rings. The third-order valence-corrected chi connectivity index (χ3v) is 6.82. The van der Waals surface area contributed by atoms with Crippen molar-refractivity contribution in [1.29, 1.82) is 0 Å². The van der Waals surface area contributed by atoms with E-state index in [9.17, 15) is 4.79 Å². The molecule has 3 nitrogen and oxygen atoms in total. The number of likely N-dealkylation sites (tertiary alicyclic amines) is 2. The van der Waals surface area contributed by atoms with Gasteiger partial charge in [0.05, 0.1) is 0 Å². The van der Waals surface area contributed by atoms with Crippen molar-refractivity contribution in [3.63, 3.8) is 0 Å². The fraction of sp³-hybridized carbons (Fsp3) is 0.500. The molecule has 0 aliphatic carbocycles. The SMILES string of the molecule is O=C1CCC2(CCCN(Cc3cccs3)C2)CN1CCc1ccccc1. The van der Waals surface area contributed by atoms with E-state index in [4.69, 9.17) is 0 Å². The smallest absolute Gasteiger partial charge is 0.222 e. The van der Waals surface area contributed by atoms with Crippen molar-refractivity contribution in [2.75, 3.05) is 26.2 Å². The molecule has 1 spiro atoms. The van der Waals surface area contributed by atoms with Gasteiger partial charge in [0.15, 0.2) is 0 Å². The van der Waals surface area contributed by atoms with Crippen molar-refractivity contribution >= 4 is 17.2 Å². The lowest BCUT2D eigenvalue weighted by molar-refractivity contribution is -0.139. The van der Waals surface area contributed by atoms with Crippen LogP contribution in [0.3, 0.4) is 0 Å². The molecular formula is C22H28N2OS. The Morgan fingerprint density at radius 3 is 2.73 bits per heavy atom. The average Bonchev–Trinajstić information content (AvgIpc) is 3.17. The van der Waals surface area contributed by atoms with Gasteiger partial charge in [-0.1, -0.05) is 36.4 Å². The first-order chi connectivity index (χ1) is 12.7. The summed E-state index contributed by atoms with van der Waals surface area (Å²) in [7, 11) is 0. The lowest BCUT2D eigenvalue weighted by Crippen LogP contribution is -2.54. The highest BCUT2D eigenvalue weighted by molar-refractivity contribution is 7.09. The number of amides is 1. The van der Waals surface area contributed by atoms with Crippen molar-refractivity contribution in [3.8, 4) is 0 Å². The number of carbonyl (C=O) groups is 1. The number of rotatable bonds is 5. The molecule has 1 aromatic heterocycles. The first-order valence-electron chi connectivity index (χ1n) is 9.79. The normalized spacial score (nSPS) is 24.3. The fourth-order valence-corrected chi connectivity index (χ4v) is 5.36. The summed E-state index contributed by atoms with van der Waals surface area (Å²) >= 11 is 1.85. The predicted octanol–water partition coefficient (Wildman–Crippen LogP) is 4.20. The largest absolute Gasteiger partial charge is 0.342 e. The molecule has 1 aromatic carbocycles. The maximum atomic E-state index is 12.5. The summed E-state index contributed by atoms with van der Waals surface area (Å²) in [6.07, 6.45) is 5.27. The number of hydrogen-bond acceptors (Lipinski definition) is 3. The van der Waals surface area contributed by atoms with Crippen LogP contribution in [0.1, 0.15) is 36.1 Å². The predicted molar refractivity (Wildman–Crippen MR) is 107 cm³/mol. The second kappa shape index (κ2) is 7.93. The van der Waals surface area contributed by atoms with Crippen LogP contribution in [0.15, 0.2) is 47.8 Å². The van der Waals surface area contributed by atoms with Crippen LogP contribution in [0.25, 0.3) is 0 Å². The first-order valence-corrected chi connectivity index (χ1v) is 10.7. The van der Waals surface area contributed by atoms with E-state index in [1.54, 1.807) is 0 Å². The molecule has 0 N–H and O–H groups in total. The van der Waals surface area contributed by atoms with Crippen LogP contribution in [0.4, 0.5) is 0 Å². The third-order valence-electron chi connectivity index (χ3n) is 5.96. The zero-order chi connectivity index (χ0) is 17.8. The minimum atomic E-state index is 0.306. The quantitative estimate of drug-likeness (QED) is 0.790. The zero-order valence-electron chi connectivity index (χ0n) is 15.4. The summed E-state index contributed by atoms with van der Waals surface area (Å²) in [5.74, 6) is 0.349. The van der Waals surface area contributed by atoms with Crippen molar-refractivity contribution in [3.05, 3.63) is 58.3 Å². The highest BCUT2D eigenvalue weighted by Crippen LogP contribution is 2.39. The molecule has 26 heavy (non-hydrogen) atoms. The van der Waals surface area contributed by atoms with Gasteiger partial charge in [-0.05, 0) is 49.2 Å². The van der Waals surface area contributed by atoms with E-state index in [0.717, 1.165) is 45.4 Å². The van der Waals surface area contributed by atoms with Crippen LogP contribution in [0.2, 0.25) is 0 Å². The lowest BCUT2D eigenvalue weighted by atomic mass is 9.73. The molecule has 1 amide bonds. The Bertz CT molecular complexity index is 715. The van der Waals surface area contributed by atoms with Crippen molar-refractivity contribution in [2.45, 2.75) is 38.6 Å². The highest BCUT2D eigenvalue weighted by atomic mass is 32.1. The van der Waals surface area contributed by atoms with Gasteiger partial charge >= 0.3 is 0 Å². The lowest BCUT2D eigenvalue weighted by Gasteiger charge is -2.48. The van der Waals surface area contributed by atoms with Gasteiger partial charge in [-0.25, -0.2) is 0 Å². The van der Waals surface area contributed by atoms with Crippen LogP contribution in [-0.4, -0.2) is 41.9 Å². The Kier molecular flexibility index (Phi) is 5.41. The van der Waals surface area contributed by atoms with E-state index in [0.29, 0.717) is 11.3 Å². The van der Waals surface area contributed by atoms with E-state index in [2.05, 4.69) is 57.6 Å². The standard InChI is InChI=1S/C22H28N2OS/c25-21-9-12-22(18-24(21)14-10-19-6-2-1-3-7-19)11-5-13-23(17-22)16-20-8-4-15-26-20/h1-4,6-8,15H,5,9-14,16-18H2. The molecule has 1 unspecified atom stereocenters. The molecule has 0 saturated carbocycles. The molecule has 4 heteroatoms. The number of carbonyl (C=O) groups excluding carboxylic acids is 1. The molecular weight excluding hydrogens is 340 g/mol. The number of piperidine rings is 2. The molecule has 2 fully saturated rings. The van der Waals surface area contributed by atoms with Gasteiger partial charge in [-0.3, -0.25) is 9.69 Å². The summed E-state index contributed by atoms with van der Waals surface area (Å²) in [5.41, 5.74) is 1.63. The minimum Gasteiger partial charge on any atom is -0.342 e. The summed E-state index contributed by atoms with van der Waals surface area (Å²) in [6.45, 7) is 5.20. The summed E-state index contributed by atoms with van der Waals surface area (Å²) in [6, 6.07) is 14.9. The Morgan fingerprint density at radius 2 is 1.92 bits per heavy atom. The Labute approximate surface area is 160 Å². The van der Waals surface area contributed by atoms with Gasteiger partial charge in [-0.2, -0.15) is 0 Å². The van der Waals surface area contributed by atoms with Crippen LogP contribution in [-0.2, 0) is 17.8 Å². The van der Waals surface area contributed by atoms with Gasteiger partial charge in [0, 0.05) is 42.9 Å². The molecule has 1 atom stereocenters. The first kappa shape index (κ1) is 17.7. The number of thiophene rings is 1. The molecule has 0 bridgehead atoms. The maximum absolute atomic E-state index is 12.5. The number of benzene rings is 1. The van der Waals surface area contributed by atoms with Gasteiger partial charge in [-0.15, -0.1) is 11.3 Å². The van der Waals surface area contributed by atoms with Gasteiger partial charge in [0.25, 0.3) is 0 Å². The van der Waals surface area contributed by atoms with E-state index >= 15 is 0 Å². The zero-order valence-corrected chi connectivity index (χ0v) is 16.2. The van der Waals surface area contributed by atoms with E-state index < -0.39 is 0 Å². The van der Waals surface area contributed by atoms with Crippen LogP contribution in [0.5, 0.6) is 0 Å². The molecule has 138 valence electrons. The summed E-state index contributed by atoms with van der Waals surface area (Å²) < 4.78 is 0. The molecule has 2 aliphatic rings. The minimum absolute atomic E-state index is 0.306. The van der Waals surface area contributed by atoms with Crippen molar-refractivity contribution < 1.29 is 4.79 Å². The van der Waals surface area contributed by atoms with Gasteiger partial charge in [0.1, 0.15) is 0 Å². The second-order valence-corrected chi connectivity index (χ2v) is 8.98. The number of hydrogen-bond donors (Lipinski definition) is 0. The van der Waals surface area contributed by atoms with Crippen LogP contribution in [0, 0.1) is 5.41 Å². The summed E-state index contributed by atoms with van der Waals surface area (Å²) in [5, 5.41) is 2.17. The average molecular weight is 369 g/mol. The van der Waals surface area contributed by atoms with Crippen LogP contribution < -0.4 is 0 Å². The van der Waals surface area contributed by atoms with Crippen LogP contribution >= 0.6 is 11.3 Å². The molecule has 3 heterocycles. The van der Waals surface area contributed by atoms with E-state index in [1.807, 2.05) is 11.3 Å². The van der Waals surface area contributed by atoms with Crippen molar-refractivity contribution in [2.24, 2.45) is 5.41 Å². The molecule has 2 aliphatic heterocycles. The van der Waals surface area contributed by atoms with E-state index in [-0.39, 0.29) is 0 Å². The topological polar surface area (TPSA) is 23.6 Å². The van der Waals surface area contributed by atoms with Gasteiger partial charge in [0.2, 0.25) is 5.91 Å².